The van der Waals surface area contributed by atoms with E-state index in [-0.39, 0.29) is 49.2 Å². The summed E-state index contributed by atoms with van der Waals surface area (Å²) < 4.78 is 41.3. The van der Waals surface area contributed by atoms with Crippen molar-refractivity contribution >= 4 is 35.1 Å². The molecule has 4 aromatic rings. The number of likely N-dealkylation sites (tertiary alicyclic amines) is 1. The number of benzene rings is 2. The standard InChI is InChI=1S/C35H39F2N7O6/c1-20-16-21(40-30-31-39-18-26(43(31)11-10-38-30)24-8-9-27(49-5)29(37)28(24)36)6-7-23(20)32(46)41-12-14-42(15-13-41)33(47)25-17-22(45)19-44(25)34(48)50-35(2,3)4/h6-11,16,18,22,25,45H,12-15,17,19H2,1-5H3,(H,38,40)/t22-,25+/m1/s1. The minimum Gasteiger partial charge on any atom is -0.494 e. The van der Waals surface area contributed by atoms with Crippen LogP contribution in [0.4, 0.5) is 25.1 Å². The Kier molecular flexibility index (Phi) is 9.35. The second kappa shape index (κ2) is 13.5. The van der Waals surface area contributed by atoms with E-state index in [4.69, 9.17) is 9.47 Å². The Hall–Kier alpha value is -5.31. The molecule has 0 unspecified atom stereocenters. The van der Waals surface area contributed by atoms with Gasteiger partial charge in [0, 0.05) is 61.8 Å². The molecule has 0 bridgehead atoms. The number of aliphatic hydroxyl groups is 1. The fourth-order valence-electron chi connectivity index (χ4n) is 6.29. The molecule has 4 heterocycles. The minimum atomic E-state index is -1.09. The number of aryl methyl sites for hydroxylation is 1. The van der Waals surface area contributed by atoms with E-state index < -0.39 is 35.5 Å². The molecule has 2 fully saturated rings. The number of imidazole rings is 1. The topological polar surface area (TPSA) is 142 Å². The van der Waals surface area contributed by atoms with E-state index in [2.05, 4.69) is 15.3 Å². The maximum atomic E-state index is 14.9. The van der Waals surface area contributed by atoms with Crippen molar-refractivity contribution in [3.8, 4) is 17.0 Å². The molecular weight excluding hydrogens is 652 g/mol. The monoisotopic (exact) mass is 691 g/mol. The first-order valence-electron chi connectivity index (χ1n) is 16.2. The van der Waals surface area contributed by atoms with Crippen LogP contribution in [0.3, 0.4) is 0 Å². The van der Waals surface area contributed by atoms with Gasteiger partial charge >= 0.3 is 6.09 Å². The van der Waals surface area contributed by atoms with E-state index in [0.717, 1.165) is 0 Å². The summed E-state index contributed by atoms with van der Waals surface area (Å²) in [4.78, 5) is 53.1. The third kappa shape index (κ3) is 6.77. The van der Waals surface area contributed by atoms with E-state index >= 15 is 0 Å². The highest BCUT2D eigenvalue weighted by Gasteiger charge is 2.43. The van der Waals surface area contributed by atoms with Crippen LogP contribution >= 0.6 is 0 Å². The van der Waals surface area contributed by atoms with Gasteiger partial charge in [-0.2, -0.15) is 4.39 Å². The summed E-state index contributed by atoms with van der Waals surface area (Å²) >= 11 is 0. The predicted molar refractivity (Wildman–Crippen MR) is 179 cm³/mol. The van der Waals surface area contributed by atoms with Crippen molar-refractivity contribution in [3.05, 3.63) is 71.7 Å². The van der Waals surface area contributed by atoms with E-state index in [1.165, 1.54) is 36.5 Å². The fraction of sp³-hybridized carbons (Fsp3) is 0.400. The number of halogens is 2. The molecule has 3 amide bonds. The number of nitrogens with one attached hydrogen (secondary N) is 1. The number of fused-ring (bicyclic) bond motifs is 1. The summed E-state index contributed by atoms with van der Waals surface area (Å²) in [5.41, 5.74) is 1.81. The molecule has 15 heteroatoms. The Morgan fingerprint density at radius 1 is 1.00 bits per heavy atom. The summed E-state index contributed by atoms with van der Waals surface area (Å²) in [6.45, 7) is 8.24. The molecule has 0 spiro atoms. The van der Waals surface area contributed by atoms with Gasteiger partial charge in [-0.15, -0.1) is 0 Å². The number of amides is 3. The zero-order valence-corrected chi connectivity index (χ0v) is 28.4. The number of nitrogens with zero attached hydrogens (tertiary/aromatic N) is 6. The number of hydrogen-bond donors (Lipinski definition) is 2. The van der Waals surface area contributed by atoms with Gasteiger partial charge in [0.15, 0.2) is 23.0 Å². The Morgan fingerprint density at radius 2 is 1.72 bits per heavy atom. The van der Waals surface area contributed by atoms with Crippen LogP contribution < -0.4 is 10.1 Å². The van der Waals surface area contributed by atoms with Crippen LogP contribution in [0.25, 0.3) is 16.9 Å². The van der Waals surface area contributed by atoms with Crippen molar-refractivity contribution in [2.75, 3.05) is 45.2 Å². The number of methoxy groups -OCH3 is 1. The maximum absolute atomic E-state index is 14.9. The van der Waals surface area contributed by atoms with Gasteiger partial charge in [0.05, 0.1) is 31.6 Å². The first-order valence-corrected chi connectivity index (χ1v) is 16.2. The lowest BCUT2D eigenvalue weighted by Crippen LogP contribution is -2.55. The third-order valence-electron chi connectivity index (χ3n) is 8.76. The van der Waals surface area contributed by atoms with E-state index in [0.29, 0.717) is 47.1 Å². The minimum absolute atomic E-state index is 0.0111. The van der Waals surface area contributed by atoms with E-state index in [1.54, 1.807) is 59.4 Å². The van der Waals surface area contributed by atoms with Crippen molar-refractivity contribution in [2.45, 2.75) is 51.9 Å². The van der Waals surface area contributed by atoms with E-state index in [9.17, 15) is 28.3 Å². The first-order chi connectivity index (χ1) is 23.8. The third-order valence-corrected chi connectivity index (χ3v) is 8.76. The number of hydrogen-bond acceptors (Lipinski definition) is 9. The molecule has 2 atom stereocenters. The molecule has 0 radical (unpaired) electrons. The molecule has 13 nitrogen and oxygen atoms in total. The van der Waals surface area contributed by atoms with Gasteiger partial charge in [-0.1, -0.05) is 0 Å². The molecule has 264 valence electrons. The van der Waals surface area contributed by atoms with Gasteiger partial charge in [0.25, 0.3) is 5.91 Å². The predicted octanol–water partition coefficient (Wildman–Crippen LogP) is 4.39. The molecule has 2 saturated heterocycles. The van der Waals surface area contributed by atoms with Crippen molar-refractivity contribution in [1.29, 1.82) is 0 Å². The molecule has 0 aliphatic carbocycles. The Bertz CT molecular complexity index is 1950. The van der Waals surface area contributed by atoms with Crippen LogP contribution in [0.1, 0.15) is 43.1 Å². The van der Waals surface area contributed by atoms with Gasteiger partial charge in [0.2, 0.25) is 11.7 Å². The lowest BCUT2D eigenvalue weighted by molar-refractivity contribution is -0.137. The Morgan fingerprint density at radius 3 is 2.40 bits per heavy atom. The quantitative estimate of drug-likeness (QED) is 0.301. The first kappa shape index (κ1) is 34.5. The maximum Gasteiger partial charge on any atom is 0.411 e. The second-order valence-electron chi connectivity index (χ2n) is 13.4. The van der Waals surface area contributed by atoms with Crippen LogP contribution in [-0.4, -0.2) is 110 Å². The highest BCUT2D eigenvalue weighted by molar-refractivity contribution is 5.96. The molecule has 2 aliphatic rings. The Balaban J connectivity index is 1.11. The molecule has 0 saturated carbocycles. The SMILES string of the molecule is COc1ccc(-c2cnc3c(Nc4ccc(C(=O)N5CCN(C(=O)[C@@H]6C[C@@H](O)CN6C(=O)OC(C)(C)C)CC5)c(C)c4)nccn23)c(F)c1F. The molecular formula is C35H39F2N7O6. The number of aromatic nitrogens is 3. The number of carbonyl (C=O) groups is 3. The number of anilines is 2. The highest BCUT2D eigenvalue weighted by atomic mass is 19.2. The smallest absolute Gasteiger partial charge is 0.411 e. The van der Waals surface area contributed by atoms with Gasteiger partial charge < -0.3 is 29.7 Å². The van der Waals surface area contributed by atoms with Crippen molar-refractivity contribution in [3.63, 3.8) is 0 Å². The van der Waals surface area contributed by atoms with Crippen LogP contribution in [0.15, 0.2) is 48.9 Å². The number of ether oxygens (including phenoxy) is 2. The van der Waals surface area contributed by atoms with Crippen LogP contribution in [-0.2, 0) is 9.53 Å². The molecule has 2 N–H and O–H groups in total. The van der Waals surface area contributed by atoms with Crippen LogP contribution in [0.5, 0.6) is 5.75 Å². The fourth-order valence-corrected chi connectivity index (χ4v) is 6.29. The zero-order valence-electron chi connectivity index (χ0n) is 28.4. The van der Waals surface area contributed by atoms with Crippen LogP contribution in [0.2, 0.25) is 0 Å². The normalized spacial score (nSPS) is 18.0. The number of carbonyl (C=O) groups excluding carboxylic acids is 3. The molecule has 50 heavy (non-hydrogen) atoms. The van der Waals surface area contributed by atoms with Gasteiger partial charge in [-0.25, -0.2) is 19.2 Å². The zero-order chi connectivity index (χ0) is 35.9. The average Bonchev–Trinajstić information content (AvgIpc) is 3.69. The van der Waals surface area contributed by atoms with Gasteiger partial charge in [-0.3, -0.25) is 18.9 Å². The number of β-amino-alcohol motifs (C(OH)–C–C–N with tert-alkyl or cyclic N) is 1. The largest absolute Gasteiger partial charge is 0.494 e. The molecule has 2 aliphatic heterocycles. The number of aliphatic hydroxyl groups excluding tert-OH is 1. The van der Waals surface area contributed by atoms with Crippen molar-refractivity contribution < 1.29 is 37.7 Å². The number of rotatable bonds is 6. The Labute approximate surface area is 287 Å². The van der Waals surface area contributed by atoms with E-state index in [1.807, 2.05) is 6.92 Å². The second-order valence-corrected chi connectivity index (χ2v) is 13.4. The molecule has 6 rings (SSSR count). The van der Waals surface area contributed by atoms with Crippen LogP contribution in [0, 0.1) is 18.6 Å². The summed E-state index contributed by atoms with van der Waals surface area (Å²) in [6, 6.07) is 7.20. The highest BCUT2D eigenvalue weighted by Crippen LogP contribution is 2.32. The lowest BCUT2D eigenvalue weighted by Gasteiger charge is -2.37. The van der Waals surface area contributed by atoms with Gasteiger partial charge in [-0.05, 0) is 63.6 Å². The number of piperazine rings is 1. The van der Waals surface area contributed by atoms with Crippen molar-refractivity contribution in [2.24, 2.45) is 0 Å². The average molecular weight is 692 g/mol. The summed E-state index contributed by atoms with van der Waals surface area (Å²) in [5.74, 6) is -2.44. The molecule has 2 aromatic carbocycles. The van der Waals surface area contributed by atoms with Gasteiger partial charge in [0.1, 0.15) is 11.6 Å². The van der Waals surface area contributed by atoms with Crippen molar-refractivity contribution in [1.82, 2.24) is 29.1 Å². The summed E-state index contributed by atoms with van der Waals surface area (Å²) in [5, 5.41) is 13.5. The lowest BCUT2D eigenvalue weighted by atomic mass is 10.1. The summed E-state index contributed by atoms with van der Waals surface area (Å²) in [6.07, 6.45) is 3.20. The summed E-state index contributed by atoms with van der Waals surface area (Å²) in [7, 11) is 1.26. The molecule has 2 aromatic heterocycles.